The summed E-state index contributed by atoms with van der Waals surface area (Å²) in [5.74, 6) is 1.43. The van der Waals surface area contributed by atoms with Crippen molar-refractivity contribution in [1.82, 2.24) is 10.2 Å². The lowest BCUT2D eigenvalue weighted by molar-refractivity contribution is 0.0797. The maximum absolute atomic E-state index is 10.1. The average Bonchev–Trinajstić information content (AvgIpc) is 3.23. The van der Waals surface area contributed by atoms with Crippen LogP contribution in [0.25, 0.3) is 0 Å². The standard InChI is InChI=1S/C16H30N2O/c1-12(2)9-18(15-7-8-15)10-16(11-19,13-3-4-13)17-14-5-6-14/h12-15,17,19H,3-11H2,1-2H3. The van der Waals surface area contributed by atoms with Crippen LogP contribution in [-0.2, 0) is 0 Å². The first-order chi connectivity index (χ1) is 9.13. The molecule has 0 bridgehead atoms. The van der Waals surface area contributed by atoms with Gasteiger partial charge in [-0.15, -0.1) is 0 Å². The Morgan fingerprint density at radius 3 is 2.26 bits per heavy atom. The number of rotatable bonds is 9. The normalized spacial score (nSPS) is 27.0. The van der Waals surface area contributed by atoms with E-state index < -0.39 is 0 Å². The topological polar surface area (TPSA) is 35.5 Å². The maximum Gasteiger partial charge on any atom is 0.0628 e. The SMILES string of the molecule is CC(C)CN(CC(CO)(NC1CC1)C1CC1)C1CC1. The minimum absolute atomic E-state index is 0.00134. The van der Waals surface area contributed by atoms with Crippen molar-refractivity contribution in [3.63, 3.8) is 0 Å². The zero-order chi connectivity index (χ0) is 13.5. The molecule has 0 heterocycles. The average molecular weight is 266 g/mol. The Kier molecular flexibility index (Phi) is 3.89. The molecule has 0 aromatic carbocycles. The summed E-state index contributed by atoms with van der Waals surface area (Å²) in [6, 6.07) is 1.49. The van der Waals surface area contributed by atoms with Crippen LogP contribution in [0, 0.1) is 11.8 Å². The Bertz CT molecular complexity index is 308. The molecule has 3 heteroatoms. The molecule has 0 radical (unpaired) electrons. The van der Waals surface area contributed by atoms with Crippen LogP contribution in [0.5, 0.6) is 0 Å². The van der Waals surface area contributed by atoms with Gasteiger partial charge >= 0.3 is 0 Å². The van der Waals surface area contributed by atoms with E-state index in [0.29, 0.717) is 18.6 Å². The van der Waals surface area contributed by atoms with E-state index in [9.17, 15) is 5.11 Å². The molecular formula is C16H30N2O. The van der Waals surface area contributed by atoms with Crippen LogP contribution in [0.1, 0.15) is 52.4 Å². The van der Waals surface area contributed by atoms with Crippen LogP contribution in [0.3, 0.4) is 0 Å². The third-order valence-corrected chi connectivity index (χ3v) is 4.86. The highest BCUT2D eigenvalue weighted by atomic mass is 16.3. The van der Waals surface area contributed by atoms with E-state index in [1.165, 1.54) is 45.1 Å². The number of aliphatic hydroxyl groups excluding tert-OH is 1. The molecule has 1 unspecified atom stereocenters. The minimum atomic E-state index is -0.00134. The molecule has 0 aliphatic heterocycles. The molecule has 3 nitrogen and oxygen atoms in total. The van der Waals surface area contributed by atoms with Crippen molar-refractivity contribution < 1.29 is 5.11 Å². The van der Waals surface area contributed by atoms with Gasteiger partial charge in [-0.05, 0) is 50.4 Å². The molecule has 19 heavy (non-hydrogen) atoms. The van der Waals surface area contributed by atoms with E-state index in [-0.39, 0.29) is 5.54 Å². The molecule has 0 aromatic heterocycles. The number of nitrogens with one attached hydrogen (secondary N) is 1. The van der Waals surface area contributed by atoms with Crippen molar-refractivity contribution in [2.45, 2.75) is 70.0 Å². The van der Waals surface area contributed by atoms with Gasteiger partial charge in [0, 0.05) is 25.2 Å². The molecular weight excluding hydrogens is 236 g/mol. The molecule has 3 fully saturated rings. The zero-order valence-corrected chi connectivity index (χ0v) is 12.6. The lowest BCUT2D eigenvalue weighted by atomic mass is 9.92. The van der Waals surface area contributed by atoms with Crippen molar-refractivity contribution in [1.29, 1.82) is 0 Å². The first kappa shape index (κ1) is 13.8. The second kappa shape index (κ2) is 5.34. The molecule has 2 N–H and O–H groups in total. The third kappa shape index (κ3) is 3.50. The van der Waals surface area contributed by atoms with E-state index in [0.717, 1.165) is 18.5 Å². The molecule has 110 valence electrons. The van der Waals surface area contributed by atoms with Crippen LogP contribution in [0.4, 0.5) is 0 Å². The first-order valence-corrected chi connectivity index (χ1v) is 8.25. The number of hydrogen-bond acceptors (Lipinski definition) is 3. The van der Waals surface area contributed by atoms with Gasteiger partial charge in [0.1, 0.15) is 0 Å². The second-order valence-corrected chi connectivity index (χ2v) is 7.56. The summed E-state index contributed by atoms with van der Waals surface area (Å²) < 4.78 is 0. The second-order valence-electron chi connectivity index (χ2n) is 7.56. The fraction of sp³-hybridized carbons (Fsp3) is 1.00. The third-order valence-electron chi connectivity index (χ3n) is 4.86. The highest BCUT2D eigenvalue weighted by Gasteiger charge is 2.49. The molecule has 1 atom stereocenters. The Morgan fingerprint density at radius 2 is 1.84 bits per heavy atom. The van der Waals surface area contributed by atoms with E-state index in [4.69, 9.17) is 0 Å². The lowest BCUT2D eigenvalue weighted by Gasteiger charge is -2.39. The zero-order valence-electron chi connectivity index (χ0n) is 12.6. The summed E-state index contributed by atoms with van der Waals surface area (Å²) in [5.41, 5.74) is -0.00134. The van der Waals surface area contributed by atoms with Gasteiger partial charge in [0.15, 0.2) is 0 Å². The molecule has 0 saturated heterocycles. The van der Waals surface area contributed by atoms with Gasteiger partial charge in [-0.3, -0.25) is 4.90 Å². The number of aliphatic hydroxyl groups is 1. The number of hydrogen-bond donors (Lipinski definition) is 2. The molecule has 0 amide bonds. The fourth-order valence-electron chi connectivity index (χ4n) is 3.40. The Morgan fingerprint density at radius 1 is 1.16 bits per heavy atom. The van der Waals surface area contributed by atoms with Gasteiger partial charge in [0.05, 0.1) is 12.1 Å². The van der Waals surface area contributed by atoms with E-state index in [2.05, 4.69) is 24.1 Å². The van der Waals surface area contributed by atoms with Gasteiger partial charge in [0.25, 0.3) is 0 Å². The summed E-state index contributed by atoms with van der Waals surface area (Å²) in [4.78, 5) is 2.66. The van der Waals surface area contributed by atoms with Gasteiger partial charge in [-0.2, -0.15) is 0 Å². The summed E-state index contributed by atoms with van der Waals surface area (Å²) in [6.45, 7) is 7.18. The van der Waals surface area contributed by atoms with Crippen LogP contribution in [-0.4, -0.2) is 47.3 Å². The minimum Gasteiger partial charge on any atom is -0.394 e. The molecule has 3 saturated carbocycles. The molecule has 3 aliphatic rings. The predicted molar refractivity (Wildman–Crippen MR) is 78.1 cm³/mol. The van der Waals surface area contributed by atoms with E-state index in [1.807, 2.05) is 0 Å². The van der Waals surface area contributed by atoms with Crippen molar-refractivity contribution in [3.8, 4) is 0 Å². The number of nitrogens with zero attached hydrogens (tertiary/aromatic N) is 1. The summed E-state index contributed by atoms with van der Waals surface area (Å²) in [7, 11) is 0. The summed E-state index contributed by atoms with van der Waals surface area (Å²) >= 11 is 0. The Balaban J connectivity index is 1.66. The molecule has 0 spiro atoms. The van der Waals surface area contributed by atoms with Crippen molar-refractivity contribution in [3.05, 3.63) is 0 Å². The van der Waals surface area contributed by atoms with E-state index >= 15 is 0 Å². The van der Waals surface area contributed by atoms with Crippen molar-refractivity contribution in [2.75, 3.05) is 19.7 Å². The maximum atomic E-state index is 10.1. The fourth-order valence-corrected chi connectivity index (χ4v) is 3.40. The van der Waals surface area contributed by atoms with Crippen LogP contribution in [0.2, 0.25) is 0 Å². The van der Waals surface area contributed by atoms with Gasteiger partial charge in [-0.25, -0.2) is 0 Å². The van der Waals surface area contributed by atoms with Gasteiger partial charge < -0.3 is 10.4 Å². The highest BCUT2D eigenvalue weighted by Crippen LogP contribution is 2.43. The summed E-state index contributed by atoms with van der Waals surface area (Å²) in [5, 5.41) is 13.9. The smallest absolute Gasteiger partial charge is 0.0628 e. The highest BCUT2D eigenvalue weighted by molar-refractivity contribution is 5.07. The lowest BCUT2D eigenvalue weighted by Crippen LogP contribution is -2.59. The van der Waals surface area contributed by atoms with Crippen LogP contribution >= 0.6 is 0 Å². The van der Waals surface area contributed by atoms with Crippen molar-refractivity contribution in [2.24, 2.45) is 11.8 Å². The van der Waals surface area contributed by atoms with Crippen LogP contribution in [0.15, 0.2) is 0 Å². The molecule has 3 aliphatic carbocycles. The van der Waals surface area contributed by atoms with Crippen LogP contribution < -0.4 is 5.32 Å². The molecule has 0 aromatic rings. The van der Waals surface area contributed by atoms with Crippen molar-refractivity contribution >= 4 is 0 Å². The van der Waals surface area contributed by atoms with E-state index in [1.54, 1.807) is 0 Å². The molecule has 3 rings (SSSR count). The largest absolute Gasteiger partial charge is 0.394 e. The summed E-state index contributed by atoms with van der Waals surface area (Å²) in [6.07, 6.45) is 7.95. The van der Waals surface area contributed by atoms with Gasteiger partial charge in [0.2, 0.25) is 0 Å². The predicted octanol–water partition coefficient (Wildman–Crippen LogP) is 2.00. The monoisotopic (exact) mass is 266 g/mol. The van der Waals surface area contributed by atoms with Gasteiger partial charge in [-0.1, -0.05) is 13.8 Å². The first-order valence-electron chi connectivity index (χ1n) is 8.25. The quantitative estimate of drug-likeness (QED) is 0.670. The Hall–Kier alpha value is -0.120. The Labute approximate surface area is 117 Å².